The zero-order valence-electron chi connectivity index (χ0n) is 21.8. The van der Waals surface area contributed by atoms with Crippen LogP contribution >= 0.6 is 0 Å². The van der Waals surface area contributed by atoms with E-state index in [9.17, 15) is 4.79 Å². The van der Waals surface area contributed by atoms with Crippen LogP contribution in [-0.2, 0) is 0 Å². The number of pyridine rings is 1. The molecule has 0 spiro atoms. The SMILES string of the molecule is O=C(CC1CCN(c2ccncc2)CC1)c1cc2ccc(-c3nccc(Nc4ccc5[nH]ncc5c4)n3)cc2[nH]1. The summed E-state index contributed by atoms with van der Waals surface area (Å²) in [4.78, 5) is 32.2. The molecule has 40 heavy (non-hydrogen) atoms. The zero-order valence-corrected chi connectivity index (χ0v) is 21.8. The Bertz CT molecular complexity index is 1800. The summed E-state index contributed by atoms with van der Waals surface area (Å²) in [7, 11) is 0. The van der Waals surface area contributed by atoms with E-state index < -0.39 is 0 Å². The van der Waals surface area contributed by atoms with E-state index in [-0.39, 0.29) is 5.78 Å². The number of rotatable bonds is 7. The van der Waals surface area contributed by atoms with Gasteiger partial charge in [0.05, 0.1) is 17.4 Å². The molecule has 198 valence electrons. The van der Waals surface area contributed by atoms with Gasteiger partial charge in [-0.25, -0.2) is 9.97 Å². The molecule has 6 aromatic rings. The zero-order chi connectivity index (χ0) is 26.9. The molecular weight excluding hydrogens is 500 g/mol. The van der Waals surface area contributed by atoms with Crippen LogP contribution in [0.1, 0.15) is 29.8 Å². The average Bonchev–Trinajstić information content (AvgIpc) is 3.65. The van der Waals surface area contributed by atoms with Crippen molar-refractivity contribution in [3.05, 3.63) is 91.1 Å². The first-order valence-corrected chi connectivity index (χ1v) is 13.5. The molecule has 0 saturated carbocycles. The highest BCUT2D eigenvalue weighted by molar-refractivity contribution is 6.00. The molecule has 9 nitrogen and oxygen atoms in total. The van der Waals surface area contributed by atoms with Crippen LogP contribution in [0.2, 0.25) is 0 Å². The van der Waals surface area contributed by atoms with Gasteiger partial charge in [-0.1, -0.05) is 12.1 Å². The summed E-state index contributed by atoms with van der Waals surface area (Å²) in [6.45, 7) is 1.92. The molecule has 2 aromatic carbocycles. The third-order valence-corrected chi connectivity index (χ3v) is 7.67. The van der Waals surface area contributed by atoms with Gasteiger partial charge >= 0.3 is 0 Å². The van der Waals surface area contributed by atoms with Gasteiger partial charge in [0.1, 0.15) is 5.82 Å². The summed E-state index contributed by atoms with van der Waals surface area (Å²) < 4.78 is 0. The van der Waals surface area contributed by atoms with Crippen LogP contribution in [0.15, 0.2) is 85.5 Å². The number of nitrogens with zero attached hydrogens (tertiary/aromatic N) is 5. The van der Waals surface area contributed by atoms with Crippen molar-refractivity contribution in [1.29, 1.82) is 0 Å². The Kier molecular flexibility index (Phi) is 6.16. The van der Waals surface area contributed by atoms with Gasteiger partial charge in [-0.15, -0.1) is 0 Å². The van der Waals surface area contributed by atoms with Crippen molar-refractivity contribution in [1.82, 2.24) is 30.1 Å². The lowest BCUT2D eigenvalue weighted by molar-refractivity contribution is 0.0950. The Labute approximate surface area is 230 Å². The third-order valence-electron chi connectivity index (χ3n) is 7.67. The summed E-state index contributed by atoms with van der Waals surface area (Å²) in [5, 5.41) is 12.4. The van der Waals surface area contributed by atoms with Gasteiger partial charge in [-0.05, 0) is 67.3 Å². The number of benzene rings is 2. The maximum atomic E-state index is 13.2. The molecule has 5 heterocycles. The van der Waals surface area contributed by atoms with Crippen molar-refractivity contribution < 1.29 is 4.79 Å². The number of piperidine rings is 1. The van der Waals surface area contributed by atoms with E-state index in [4.69, 9.17) is 4.98 Å². The second-order valence-corrected chi connectivity index (χ2v) is 10.3. The van der Waals surface area contributed by atoms with Gasteiger partial charge in [0, 0.05) is 71.3 Å². The summed E-state index contributed by atoms with van der Waals surface area (Å²) >= 11 is 0. The molecule has 1 aliphatic heterocycles. The fraction of sp³-hybridized carbons (Fsp3) is 0.194. The van der Waals surface area contributed by atoms with Crippen LogP contribution in [0.5, 0.6) is 0 Å². The first kappa shape index (κ1) is 24.0. The van der Waals surface area contributed by atoms with E-state index >= 15 is 0 Å². The number of carbonyl (C=O) groups is 1. The minimum absolute atomic E-state index is 0.164. The van der Waals surface area contributed by atoms with Crippen LogP contribution in [0.25, 0.3) is 33.2 Å². The molecule has 0 atom stereocenters. The minimum Gasteiger partial charge on any atom is -0.371 e. The Hall–Kier alpha value is -5.05. The molecule has 1 saturated heterocycles. The fourth-order valence-corrected chi connectivity index (χ4v) is 5.47. The number of aromatic amines is 2. The molecule has 0 radical (unpaired) electrons. The lowest BCUT2D eigenvalue weighted by atomic mass is 9.91. The summed E-state index contributed by atoms with van der Waals surface area (Å²) in [5.74, 6) is 1.87. The predicted molar refractivity (Wildman–Crippen MR) is 157 cm³/mol. The molecule has 0 amide bonds. The van der Waals surface area contributed by atoms with E-state index in [1.165, 1.54) is 5.69 Å². The van der Waals surface area contributed by atoms with Crippen LogP contribution in [0.3, 0.4) is 0 Å². The number of H-pyrrole nitrogens is 2. The third kappa shape index (κ3) is 4.89. The molecule has 3 N–H and O–H groups in total. The van der Waals surface area contributed by atoms with Crippen LogP contribution in [-0.4, -0.2) is 49.0 Å². The second-order valence-electron chi connectivity index (χ2n) is 10.3. The largest absolute Gasteiger partial charge is 0.371 e. The number of ketones is 1. The highest BCUT2D eigenvalue weighted by Crippen LogP contribution is 2.28. The van der Waals surface area contributed by atoms with E-state index in [2.05, 4.69) is 35.4 Å². The number of anilines is 3. The van der Waals surface area contributed by atoms with Gasteiger partial charge < -0.3 is 15.2 Å². The van der Waals surface area contributed by atoms with Crippen molar-refractivity contribution in [3.63, 3.8) is 0 Å². The van der Waals surface area contributed by atoms with Gasteiger partial charge in [0.15, 0.2) is 11.6 Å². The summed E-state index contributed by atoms with van der Waals surface area (Å²) in [5.41, 5.74) is 5.55. The highest BCUT2D eigenvalue weighted by atomic mass is 16.1. The molecule has 0 bridgehead atoms. The minimum atomic E-state index is 0.164. The number of hydrogen-bond acceptors (Lipinski definition) is 7. The first-order valence-electron chi connectivity index (χ1n) is 13.5. The Morgan fingerprint density at radius 2 is 1.80 bits per heavy atom. The van der Waals surface area contributed by atoms with Gasteiger partial charge in [0.25, 0.3) is 0 Å². The highest BCUT2D eigenvalue weighted by Gasteiger charge is 2.23. The van der Waals surface area contributed by atoms with Gasteiger partial charge in [0.2, 0.25) is 0 Å². The molecule has 4 aromatic heterocycles. The number of Topliss-reactive ketones (excluding diaryl/α,β-unsaturated/α-hetero) is 1. The molecule has 1 aliphatic rings. The maximum Gasteiger partial charge on any atom is 0.179 e. The first-order chi connectivity index (χ1) is 19.7. The van der Waals surface area contributed by atoms with Gasteiger partial charge in [-0.3, -0.25) is 14.9 Å². The van der Waals surface area contributed by atoms with E-state index in [0.717, 1.165) is 59.0 Å². The maximum absolute atomic E-state index is 13.2. The molecule has 0 aliphatic carbocycles. The summed E-state index contributed by atoms with van der Waals surface area (Å²) in [6, 6.07) is 19.9. The van der Waals surface area contributed by atoms with Crippen molar-refractivity contribution in [2.45, 2.75) is 19.3 Å². The standard InChI is InChI=1S/C31H28N8O/c40-29(15-20-8-13-39(14-9-20)25-5-10-32-11-6-25)28-17-21-1-2-22(18-27(21)36-28)31-33-12-7-30(37-31)35-24-3-4-26-23(16-24)19-34-38-26/h1-7,10-12,16-20,36H,8-9,13-15H2,(H,34,38)(H,33,35,37). The lowest BCUT2D eigenvalue weighted by Crippen LogP contribution is -2.34. The number of carbonyl (C=O) groups excluding carboxylic acids is 1. The van der Waals surface area contributed by atoms with Crippen LogP contribution in [0, 0.1) is 5.92 Å². The normalized spacial score (nSPS) is 14.2. The van der Waals surface area contributed by atoms with Crippen LogP contribution < -0.4 is 10.2 Å². The number of aromatic nitrogens is 6. The molecule has 1 fully saturated rings. The number of fused-ring (bicyclic) bond motifs is 2. The van der Waals surface area contributed by atoms with Crippen molar-refractivity contribution in [3.8, 4) is 11.4 Å². The number of hydrogen-bond donors (Lipinski definition) is 3. The summed E-state index contributed by atoms with van der Waals surface area (Å²) in [6.07, 6.45) is 9.78. The van der Waals surface area contributed by atoms with Crippen molar-refractivity contribution in [2.75, 3.05) is 23.3 Å². The smallest absolute Gasteiger partial charge is 0.179 e. The topological polar surface area (TPSA) is 115 Å². The Morgan fingerprint density at radius 1 is 0.925 bits per heavy atom. The molecule has 9 heteroatoms. The van der Waals surface area contributed by atoms with E-state index in [0.29, 0.717) is 29.7 Å². The Balaban J connectivity index is 1.03. The van der Waals surface area contributed by atoms with E-state index in [1.807, 2.05) is 73.1 Å². The van der Waals surface area contributed by atoms with E-state index in [1.54, 1.807) is 12.4 Å². The molecule has 0 unspecified atom stereocenters. The predicted octanol–water partition coefficient (Wildman–Crippen LogP) is 6.13. The average molecular weight is 529 g/mol. The second kappa shape index (κ2) is 10.3. The molecule has 7 rings (SSSR count). The number of nitrogens with one attached hydrogen (secondary N) is 3. The monoisotopic (exact) mass is 528 g/mol. The lowest BCUT2D eigenvalue weighted by Gasteiger charge is -2.33. The Morgan fingerprint density at radius 3 is 2.67 bits per heavy atom. The fourth-order valence-electron chi connectivity index (χ4n) is 5.47. The van der Waals surface area contributed by atoms with Gasteiger partial charge in [-0.2, -0.15) is 5.10 Å². The van der Waals surface area contributed by atoms with Crippen molar-refractivity contribution in [2.24, 2.45) is 5.92 Å². The van der Waals surface area contributed by atoms with Crippen molar-refractivity contribution >= 4 is 44.8 Å². The quantitative estimate of drug-likeness (QED) is 0.214. The molecular formula is C31H28N8O. The van der Waals surface area contributed by atoms with Crippen LogP contribution in [0.4, 0.5) is 17.2 Å².